The van der Waals surface area contributed by atoms with Gasteiger partial charge in [0, 0.05) is 12.4 Å². The summed E-state index contributed by atoms with van der Waals surface area (Å²) >= 11 is 0. The molecular formula is C12H9N5O2. The van der Waals surface area contributed by atoms with Crippen LogP contribution in [0.3, 0.4) is 0 Å². The molecular weight excluding hydrogens is 246 g/mol. The number of para-hydroxylation sites is 1. The Labute approximate surface area is 106 Å². The molecule has 7 heteroatoms. The number of imidazole rings is 1. The Kier molecular flexibility index (Phi) is 2.57. The van der Waals surface area contributed by atoms with Crippen LogP contribution >= 0.6 is 0 Å². The molecule has 0 radical (unpaired) electrons. The van der Waals surface area contributed by atoms with E-state index in [4.69, 9.17) is 0 Å². The number of nitrogens with one attached hydrogen (secondary N) is 3. The molecule has 0 aliphatic carbocycles. The molecule has 3 N–H and O–H groups in total. The summed E-state index contributed by atoms with van der Waals surface area (Å²) in [6, 6.07) is 6.67. The first-order chi connectivity index (χ1) is 9.24. The molecule has 0 bridgehead atoms. The average molecular weight is 255 g/mol. The highest BCUT2D eigenvalue weighted by Crippen LogP contribution is 2.14. The van der Waals surface area contributed by atoms with Crippen LogP contribution in [-0.2, 0) is 0 Å². The van der Waals surface area contributed by atoms with E-state index in [0.717, 1.165) is 0 Å². The number of hydrogen-bond donors (Lipinski definition) is 3. The number of benzene rings is 1. The Hall–Kier alpha value is -2.96. The third-order valence-electron chi connectivity index (χ3n) is 2.59. The van der Waals surface area contributed by atoms with Crippen molar-refractivity contribution in [2.45, 2.75) is 0 Å². The van der Waals surface area contributed by atoms with E-state index in [1.165, 1.54) is 12.4 Å². The molecule has 0 fully saturated rings. The summed E-state index contributed by atoms with van der Waals surface area (Å²) in [5.74, 6) is -0.172. The van der Waals surface area contributed by atoms with Crippen LogP contribution in [0.5, 0.6) is 0 Å². The van der Waals surface area contributed by atoms with E-state index in [-0.39, 0.29) is 17.5 Å². The van der Waals surface area contributed by atoms with Crippen LogP contribution in [0.25, 0.3) is 11.0 Å². The van der Waals surface area contributed by atoms with Crippen LogP contribution in [-0.4, -0.2) is 25.8 Å². The van der Waals surface area contributed by atoms with Crippen LogP contribution in [0.1, 0.15) is 10.4 Å². The van der Waals surface area contributed by atoms with Gasteiger partial charge in [0.15, 0.2) is 0 Å². The van der Waals surface area contributed by atoms with E-state index >= 15 is 0 Å². The standard InChI is InChI=1S/C12H9N5O2/c18-10(17-11-13-5-2-6-14-11)7-3-1-4-8-9(7)16-12(19)15-8/h1-6H,(H2,15,16,19)(H,13,14,17,18). The van der Waals surface area contributed by atoms with Gasteiger partial charge in [-0.2, -0.15) is 0 Å². The number of aromatic nitrogens is 4. The molecule has 2 heterocycles. The largest absolute Gasteiger partial charge is 0.323 e. The van der Waals surface area contributed by atoms with Gasteiger partial charge in [-0.15, -0.1) is 0 Å². The Morgan fingerprint density at radius 3 is 2.68 bits per heavy atom. The fourth-order valence-corrected chi connectivity index (χ4v) is 1.78. The SMILES string of the molecule is O=C(Nc1ncccn1)c1cccc2[nH]c(=O)[nH]c12. The van der Waals surface area contributed by atoms with E-state index in [9.17, 15) is 9.59 Å². The zero-order chi connectivity index (χ0) is 13.2. The van der Waals surface area contributed by atoms with Crippen molar-refractivity contribution in [3.8, 4) is 0 Å². The lowest BCUT2D eigenvalue weighted by Gasteiger charge is -2.03. The molecule has 0 atom stereocenters. The average Bonchev–Trinajstić information content (AvgIpc) is 2.79. The first-order valence-corrected chi connectivity index (χ1v) is 5.53. The molecule has 0 saturated heterocycles. The number of fused-ring (bicyclic) bond motifs is 1. The maximum atomic E-state index is 12.1. The van der Waals surface area contributed by atoms with Crippen LogP contribution < -0.4 is 11.0 Å². The minimum atomic E-state index is -0.382. The Morgan fingerprint density at radius 1 is 1.11 bits per heavy atom. The van der Waals surface area contributed by atoms with Crippen LogP contribution in [0, 0.1) is 0 Å². The van der Waals surface area contributed by atoms with Crippen molar-refractivity contribution in [3.05, 3.63) is 52.7 Å². The molecule has 2 aromatic heterocycles. The summed E-state index contributed by atoms with van der Waals surface area (Å²) in [6.45, 7) is 0. The number of carbonyl (C=O) groups is 1. The summed E-state index contributed by atoms with van der Waals surface area (Å²) < 4.78 is 0. The van der Waals surface area contributed by atoms with E-state index in [2.05, 4.69) is 25.3 Å². The van der Waals surface area contributed by atoms with Crippen molar-refractivity contribution in [1.29, 1.82) is 0 Å². The number of H-pyrrole nitrogens is 2. The van der Waals surface area contributed by atoms with Crippen molar-refractivity contribution < 1.29 is 4.79 Å². The minimum absolute atomic E-state index is 0.211. The Balaban J connectivity index is 2.00. The lowest BCUT2D eigenvalue weighted by molar-refractivity contribution is 0.102. The van der Waals surface area contributed by atoms with Crippen molar-refractivity contribution >= 4 is 22.9 Å². The van der Waals surface area contributed by atoms with Crippen LogP contribution in [0.4, 0.5) is 5.95 Å². The molecule has 0 saturated carbocycles. The van der Waals surface area contributed by atoms with Crippen LogP contribution in [0.15, 0.2) is 41.5 Å². The number of rotatable bonds is 2. The van der Waals surface area contributed by atoms with Crippen molar-refractivity contribution in [3.63, 3.8) is 0 Å². The fourth-order valence-electron chi connectivity index (χ4n) is 1.78. The highest BCUT2D eigenvalue weighted by Gasteiger charge is 2.12. The summed E-state index contributed by atoms with van der Waals surface area (Å²) in [7, 11) is 0. The number of carbonyl (C=O) groups excluding carboxylic acids is 1. The highest BCUT2D eigenvalue weighted by molar-refractivity contribution is 6.10. The molecule has 3 aromatic rings. The molecule has 1 aromatic carbocycles. The van der Waals surface area contributed by atoms with Gasteiger partial charge in [-0.05, 0) is 18.2 Å². The van der Waals surface area contributed by atoms with E-state index in [1.54, 1.807) is 24.3 Å². The second kappa shape index (κ2) is 4.37. The number of amides is 1. The minimum Gasteiger partial charge on any atom is -0.306 e. The maximum Gasteiger partial charge on any atom is 0.323 e. The second-order valence-electron chi connectivity index (χ2n) is 3.83. The van der Waals surface area contributed by atoms with Crippen molar-refractivity contribution in [1.82, 2.24) is 19.9 Å². The van der Waals surface area contributed by atoms with Crippen molar-refractivity contribution in [2.75, 3.05) is 5.32 Å². The summed E-state index contributed by atoms with van der Waals surface area (Å²) in [6.07, 6.45) is 3.06. The number of nitrogens with zero attached hydrogens (tertiary/aromatic N) is 2. The zero-order valence-corrected chi connectivity index (χ0v) is 9.68. The molecule has 0 aliphatic rings. The smallest absolute Gasteiger partial charge is 0.306 e. The Morgan fingerprint density at radius 2 is 1.89 bits per heavy atom. The monoisotopic (exact) mass is 255 g/mol. The van der Waals surface area contributed by atoms with Gasteiger partial charge >= 0.3 is 5.69 Å². The molecule has 0 unspecified atom stereocenters. The summed E-state index contributed by atoms with van der Waals surface area (Å²) in [5, 5.41) is 2.56. The molecule has 94 valence electrons. The molecule has 19 heavy (non-hydrogen) atoms. The van der Waals surface area contributed by atoms with E-state index in [1.807, 2.05) is 0 Å². The van der Waals surface area contributed by atoms with Gasteiger partial charge in [0.2, 0.25) is 5.95 Å². The molecule has 1 amide bonds. The molecule has 7 nitrogen and oxygen atoms in total. The normalized spacial score (nSPS) is 10.5. The maximum absolute atomic E-state index is 12.1. The van der Waals surface area contributed by atoms with Crippen LogP contribution in [0.2, 0.25) is 0 Å². The van der Waals surface area contributed by atoms with Gasteiger partial charge in [0.1, 0.15) is 0 Å². The number of hydrogen-bond acceptors (Lipinski definition) is 4. The topological polar surface area (TPSA) is 104 Å². The Bertz CT molecular complexity index is 790. The first kappa shape index (κ1) is 11.1. The second-order valence-corrected chi connectivity index (χ2v) is 3.83. The molecule has 0 aliphatic heterocycles. The summed E-state index contributed by atoms with van der Waals surface area (Å²) in [4.78, 5) is 36.4. The van der Waals surface area contributed by atoms with Crippen molar-refractivity contribution in [2.24, 2.45) is 0 Å². The third kappa shape index (κ3) is 2.08. The molecule has 3 rings (SSSR count). The summed E-state index contributed by atoms with van der Waals surface area (Å²) in [5.41, 5.74) is 1.03. The van der Waals surface area contributed by atoms with Gasteiger partial charge < -0.3 is 9.97 Å². The van der Waals surface area contributed by atoms with Gasteiger partial charge in [-0.25, -0.2) is 14.8 Å². The van der Waals surface area contributed by atoms with E-state index in [0.29, 0.717) is 16.6 Å². The fraction of sp³-hybridized carbons (Fsp3) is 0. The highest BCUT2D eigenvalue weighted by atomic mass is 16.2. The van der Waals surface area contributed by atoms with E-state index < -0.39 is 0 Å². The zero-order valence-electron chi connectivity index (χ0n) is 9.68. The number of aromatic amines is 2. The predicted octanol–water partition coefficient (Wildman–Crippen LogP) is 0.898. The third-order valence-corrected chi connectivity index (χ3v) is 2.59. The van der Waals surface area contributed by atoms with Gasteiger partial charge in [-0.3, -0.25) is 10.1 Å². The predicted molar refractivity (Wildman–Crippen MR) is 68.9 cm³/mol. The quantitative estimate of drug-likeness (QED) is 0.632. The van der Waals surface area contributed by atoms with Gasteiger partial charge in [0.25, 0.3) is 5.91 Å². The first-order valence-electron chi connectivity index (χ1n) is 5.53. The molecule has 0 spiro atoms. The lowest BCUT2D eigenvalue weighted by atomic mass is 10.2. The lowest BCUT2D eigenvalue weighted by Crippen LogP contribution is -2.14. The van der Waals surface area contributed by atoms with Gasteiger partial charge in [-0.1, -0.05) is 6.07 Å². The number of anilines is 1. The van der Waals surface area contributed by atoms with Gasteiger partial charge in [0.05, 0.1) is 16.6 Å².